The van der Waals surface area contributed by atoms with Gasteiger partial charge in [-0.05, 0) is 36.9 Å². The van der Waals surface area contributed by atoms with Crippen molar-refractivity contribution in [1.82, 2.24) is 0 Å². The summed E-state index contributed by atoms with van der Waals surface area (Å²) in [7, 11) is 0. The number of nitrogens with two attached hydrogens (primary N) is 1. The highest BCUT2D eigenvalue weighted by atomic mass is 32.1. The van der Waals surface area contributed by atoms with Gasteiger partial charge in [0.25, 0.3) is 0 Å². The number of carbonyl (C=O) groups excluding carboxylic acids is 1. The number of anilines is 2. The highest BCUT2D eigenvalue weighted by Gasteiger charge is 2.13. The molecule has 0 spiro atoms. The van der Waals surface area contributed by atoms with Crippen molar-refractivity contribution in [1.29, 1.82) is 0 Å². The minimum Gasteiger partial charge on any atom is -0.462 e. The van der Waals surface area contributed by atoms with Gasteiger partial charge >= 0.3 is 5.97 Å². The van der Waals surface area contributed by atoms with Crippen LogP contribution in [-0.2, 0) is 11.2 Å². The van der Waals surface area contributed by atoms with Gasteiger partial charge in [0.2, 0.25) is 0 Å². The Morgan fingerprint density at radius 2 is 2.20 bits per heavy atom. The van der Waals surface area contributed by atoms with Gasteiger partial charge in [-0.2, -0.15) is 0 Å². The summed E-state index contributed by atoms with van der Waals surface area (Å²) in [4.78, 5) is 13.1. The summed E-state index contributed by atoms with van der Waals surface area (Å²) >= 11 is 1.73. The number of esters is 1. The summed E-state index contributed by atoms with van der Waals surface area (Å²) in [5, 5.41) is 5.32. The molecule has 0 fully saturated rings. The first-order chi connectivity index (χ1) is 9.72. The van der Waals surface area contributed by atoms with E-state index < -0.39 is 0 Å². The summed E-state index contributed by atoms with van der Waals surface area (Å²) < 4.78 is 4.98. The predicted octanol–water partition coefficient (Wildman–Crippen LogP) is 3.16. The third-order valence-electron chi connectivity index (χ3n) is 2.87. The molecule has 0 unspecified atom stereocenters. The van der Waals surface area contributed by atoms with Gasteiger partial charge in [0.15, 0.2) is 0 Å². The third-order valence-corrected chi connectivity index (χ3v) is 3.80. The molecular weight excluding hydrogens is 272 g/mol. The van der Waals surface area contributed by atoms with E-state index in [0.29, 0.717) is 17.9 Å². The van der Waals surface area contributed by atoms with Gasteiger partial charge in [-0.25, -0.2) is 4.79 Å². The maximum Gasteiger partial charge on any atom is 0.340 e. The number of para-hydroxylation sites is 1. The molecule has 0 aliphatic rings. The molecule has 20 heavy (non-hydrogen) atoms. The lowest BCUT2D eigenvalue weighted by molar-refractivity contribution is 0.0527. The van der Waals surface area contributed by atoms with Crippen LogP contribution in [0, 0.1) is 0 Å². The Kier molecular flexibility index (Phi) is 5.01. The van der Waals surface area contributed by atoms with Gasteiger partial charge in [0.05, 0.1) is 23.5 Å². The molecular formula is C15H18N2O2S. The van der Waals surface area contributed by atoms with E-state index in [1.54, 1.807) is 30.4 Å². The summed E-state index contributed by atoms with van der Waals surface area (Å²) in [5.41, 5.74) is 7.64. The number of hydrogen-bond donors (Lipinski definition) is 2. The molecule has 1 aromatic heterocycles. The van der Waals surface area contributed by atoms with Crippen LogP contribution in [-0.4, -0.2) is 19.1 Å². The molecule has 0 saturated heterocycles. The fourth-order valence-electron chi connectivity index (χ4n) is 1.88. The second-order valence-electron chi connectivity index (χ2n) is 4.24. The van der Waals surface area contributed by atoms with Gasteiger partial charge in [-0.15, -0.1) is 11.3 Å². The van der Waals surface area contributed by atoms with Crippen LogP contribution in [0.2, 0.25) is 0 Å². The molecule has 3 N–H and O–H groups in total. The smallest absolute Gasteiger partial charge is 0.340 e. The molecule has 0 saturated carbocycles. The minimum absolute atomic E-state index is 0.342. The Morgan fingerprint density at radius 3 is 2.90 bits per heavy atom. The van der Waals surface area contributed by atoms with E-state index in [1.165, 1.54) is 4.88 Å². The minimum atomic E-state index is -0.382. The van der Waals surface area contributed by atoms with Crippen molar-refractivity contribution < 1.29 is 9.53 Å². The van der Waals surface area contributed by atoms with E-state index in [0.717, 1.165) is 18.7 Å². The molecule has 0 aliphatic carbocycles. The molecule has 1 aromatic carbocycles. The number of carbonyl (C=O) groups is 1. The lowest BCUT2D eigenvalue weighted by Gasteiger charge is -2.12. The molecule has 0 radical (unpaired) electrons. The SMILES string of the molecule is CCOC(=O)c1cccc(NCCc2cccs2)c1N. The highest BCUT2D eigenvalue weighted by molar-refractivity contribution is 7.09. The van der Waals surface area contributed by atoms with Crippen LogP contribution in [0.1, 0.15) is 22.2 Å². The van der Waals surface area contributed by atoms with Gasteiger partial charge in [-0.3, -0.25) is 0 Å². The van der Waals surface area contributed by atoms with E-state index in [1.807, 2.05) is 12.1 Å². The molecule has 5 heteroatoms. The fourth-order valence-corrected chi connectivity index (χ4v) is 2.59. The Bertz CT molecular complexity index is 567. The third kappa shape index (κ3) is 3.51. The lowest BCUT2D eigenvalue weighted by Crippen LogP contribution is -2.11. The van der Waals surface area contributed by atoms with Crippen LogP contribution in [0.25, 0.3) is 0 Å². The van der Waals surface area contributed by atoms with E-state index in [2.05, 4.69) is 16.8 Å². The standard InChI is InChI=1S/C15H18N2O2S/c1-2-19-15(18)12-6-3-7-13(14(12)16)17-9-8-11-5-4-10-20-11/h3-7,10,17H,2,8-9,16H2,1H3. The molecule has 0 amide bonds. The Balaban J connectivity index is 2.01. The summed E-state index contributed by atoms with van der Waals surface area (Å²) in [6.07, 6.45) is 0.931. The highest BCUT2D eigenvalue weighted by Crippen LogP contribution is 2.23. The number of rotatable bonds is 6. The number of thiophene rings is 1. The van der Waals surface area contributed by atoms with Crippen molar-refractivity contribution in [3.05, 3.63) is 46.2 Å². The van der Waals surface area contributed by atoms with Gasteiger partial charge < -0.3 is 15.8 Å². The first-order valence-electron chi connectivity index (χ1n) is 6.54. The molecule has 1 heterocycles. The van der Waals surface area contributed by atoms with Crippen LogP contribution in [0.3, 0.4) is 0 Å². The van der Waals surface area contributed by atoms with Crippen molar-refractivity contribution in [3.63, 3.8) is 0 Å². The number of nitrogens with one attached hydrogen (secondary N) is 1. The number of ether oxygens (including phenoxy) is 1. The van der Waals surface area contributed by atoms with Crippen LogP contribution in [0.5, 0.6) is 0 Å². The van der Waals surface area contributed by atoms with Gasteiger partial charge in [-0.1, -0.05) is 12.1 Å². The zero-order valence-electron chi connectivity index (χ0n) is 11.4. The predicted molar refractivity (Wildman–Crippen MR) is 83.3 cm³/mol. The second kappa shape index (κ2) is 6.96. The monoisotopic (exact) mass is 290 g/mol. The van der Waals surface area contributed by atoms with Gasteiger partial charge in [0.1, 0.15) is 0 Å². The van der Waals surface area contributed by atoms with Crippen molar-refractivity contribution >= 4 is 28.7 Å². The molecule has 0 atom stereocenters. The maximum atomic E-state index is 11.7. The molecule has 4 nitrogen and oxygen atoms in total. The Hall–Kier alpha value is -2.01. The van der Waals surface area contributed by atoms with Gasteiger partial charge in [0, 0.05) is 11.4 Å². The Labute approximate surface area is 122 Å². The van der Waals surface area contributed by atoms with E-state index in [4.69, 9.17) is 10.5 Å². The first-order valence-corrected chi connectivity index (χ1v) is 7.42. The van der Waals surface area contributed by atoms with Crippen molar-refractivity contribution in [2.45, 2.75) is 13.3 Å². The topological polar surface area (TPSA) is 64.3 Å². The fraction of sp³-hybridized carbons (Fsp3) is 0.267. The van der Waals surface area contributed by atoms with Crippen molar-refractivity contribution in [2.24, 2.45) is 0 Å². The molecule has 2 aromatic rings. The zero-order chi connectivity index (χ0) is 14.4. The normalized spacial score (nSPS) is 10.2. The van der Waals surface area contributed by atoms with Crippen LogP contribution >= 0.6 is 11.3 Å². The molecule has 2 rings (SSSR count). The van der Waals surface area contributed by atoms with E-state index in [9.17, 15) is 4.79 Å². The summed E-state index contributed by atoms with van der Waals surface area (Å²) in [6.45, 7) is 2.89. The number of benzene rings is 1. The van der Waals surface area contributed by atoms with Crippen molar-refractivity contribution in [3.8, 4) is 0 Å². The van der Waals surface area contributed by atoms with Crippen LogP contribution in [0.15, 0.2) is 35.7 Å². The lowest BCUT2D eigenvalue weighted by atomic mass is 10.1. The molecule has 0 aliphatic heterocycles. The van der Waals surface area contributed by atoms with E-state index >= 15 is 0 Å². The molecule has 0 bridgehead atoms. The largest absolute Gasteiger partial charge is 0.462 e. The van der Waals surface area contributed by atoms with Crippen LogP contribution in [0.4, 0.5) is 11.4 Å². The van der Waals surface area contributed by atoms with E-state index in [-0.39, 0.29) is 5.97 Å². The van der Waals surface area contributed by atoms with Crippen molar-refractivity contribution in [2.75, 3.05) is 24.2 Å². The quantitative estimate of drug-likeness (QED) is 0.633. The molecule has 106 valence electrons. The maximum absolute atomic E-state index is 11.7. The summed E-state index contributed by atoms with van der Waals surface area (Å²) in [5.74, 6) is -0.382. The first kappa shape index (κ1) is 14.4. The summed E-state index contributed by atoms with van der Waals surface area (Å²) in [6, 6.07) is 9.49. The second-order valence-corrected chi connectivity index (χ2v) is 5.28. The zero-order valence-corrected chi connectivity index (χ0v) is 12.2. The average molecular weight is 290 g/mol. The van der Waals surface area contributed by atoms with Crippen LogP contribution < -0.4 is 11.1 Å². The Morgan fingerprint density at radius 1 is 1.35 bits per heavy atom. The number of nitrogen functional groups attached to an aromatic ring is 1. The average Bonchev–Trinajstić information content (AvgIpc) is 2.94. The number of hydrogen-bond acceptors (Lipinski definition) is 5.